The Hall–Kier alpha value is -1.06. The zero-order chi connectivity index (χ0) is 16.2. The van der Waals surface area contributed by atoms with Crippen LogP contribution in [0.2, 0.25) is 0 Å². The predicted molar refractivity (Wildman–Crippen MR) is 99.3 cm³/mol. The third kappa shape index (κ3) is 3.09. The van der Waals surface area contributed by atoms with Gasteiger partial charge in [0.25, 0.3) is 0 Å². The quantitative estimate of drug-likeness (QED) is 0.841. The average molecular weight is 349 g/mol. The fourth-order valence-corrected chi connectivity index (χ4v) is 5.55. The lowest BCUT2D eigenvalue weighted by Gasteiger charge is -2.39. The SMILES string of the molecule is CC1(C)CC2CC(C)(CN2C(=O)C2Cc3ccccc3CN2)C1.Cl. The Labute approximate surface area is 151 Å². The van der Waals surface area contributed by atoms with Crippen LogP contribution in [0.5, 0.6) is 0 Å². The van der Waals surface area contributed by atoms with Gasteiger partial charge in [0, 0.05) is 19.1 Å². The summed E-state index contributed by atoms with van der Waals surface area (Å²) in [5.41, 5.74) is 3.34. The van der Waals surface area contributed by atoms with Gasteiger partial charge >= 0.3 is 0 Å². The number of halogens is 1. The van der Waals surface area contributed by atoms with Gasteiger partial charge in [0.15, 0.2) is 0 Å². The van der Waals surface area contributed by atoms with E-state index >= 15 is 0 Å². The van der Waals surface area contributed by atoms with Crippen molar-refractivity contribution in [2.24, 2.45) is 10.8 Å². The van der Waals surface area contributed by atoms with Gasteiger partial charge in [0.05, 0.1) is 6.04 Å². The van der Waals surface area contributed by atoms with Crippen molar-refractivity contribution in [2.45, 2.75) is 65.1 Å². The van der Waals surface area contributed by atoms with Crippen LogP contribution in [0.15, 0.2) is 24.3 Å². The first kappa shape index (κ1) is 17.8. The number of benzene rings is 1. The van der Waals surface area contributed by atoms with Gasteiger partial charge in [-0.3, -0.25) is 4.79 Å². The Kier molecular flexibility index (Phi) is 4.46. The molecule has 2 bridgehead atoms. The highest BCUT2D eigenvalue weighted by Crippen LogP contribution is 2.52. The van der Waals surface area contributed by atoms with Crippen LogP contribution in [0.3, 0.4) is 0 Å². The molecule has 0 aromatic heterocycles. The van der Waals surface area contributed by atoms with Crippen LogP contribution in [0.1, 0.15) is 51.2 Å². The average Bonchev–Trinajstić information content (AvgIpc) is 2.75. The van der Waals surface area contributed by atoms with E-state index in [0.29, 0.717) is 22.8 Å². The molecule has 4 heteroatoms. The lowest BCUT2D eigenvalue weighted by Crippen LogP contribution is -2.51. The number of hydrogen-bond donors (Lipinski definition) is 1. The summed E-state index contributed by atoms with van der Waals surface area (Å²) in [5.74, 6) is 0.325. The van der Waals surface area contributed by atoms with Gasteiger partial charge in [-0.1, -0.05) is 45.0 Å². The number of rotatable bonds is 1. The molecule has 0 radical (unpaired) electrons. The first-order chi connectivity index (χ1) is 10.9. The molecular weight excluding hydrogens is 320 g/mol. The molecule has 3 unspecified atom stereocenters. The Morgan fingerprint density at radius 1 is 1.17 bits per heavy atom. The van der Waals surface area contributed by atoms with Crippen molar-refractivity contribution < 1.29 is 4.79 Å². The fraction of sp³-hybridized carbons (Fsp3) is 0.650. The Morgan fingerprint density at radius 2 is 1.88 bits per heavy atom. The normalized spacial score (nSPS) is 33.5. The van der Waals surface area contributed by atoms with Gasteiger partial charge in [-0.05, 0) is 47.6 Å². The Morgan fingerprint density at radius 3 is 2.62 bits per heavy atom. The Bertz CT molecular complexity index is 644. The number of likely N-dealkylation sites (tertiary alicyclic amines) is 1. The molecule has 2 heterocycles. The van der Waals surface area contributed by atoms with E-state index < -0.39 is 0 Å². The first-order valence-electron chi connectivity index (χ1n) is 8.96. The molecule has 4 rings (SSSR count). The van der Waals surface area contributed by atoms with E-state index in [2.05, 4.69) is 55.3 Å². The molecule has 1 saturated heterocycles. The number of carbonyl (C=O) groups excluding carboxylic acids is 1. The third-order valence-electron chi connectivity index (χ3n) is 6.08. The lowest BCUT2D eigenvalue weighted by atomic mass is 9.65. The summed E-state index contributed by atoms with van der Waals surface area (Å²) < 4.78 is 0. The number of nitrogens with one attached hydrogen (secondary N) is 1. The van der Waals surface area contributed by atoms with Crippen molar-refractivity contribution in [1.29, 1.82) is 0 Å². The number of carbonyl (C=O) groups is 1. The second-order valence-corrected chi connectivity index (χ2v) is 9.09. The molecule has 1 N–H and O–H groups in total. The maximum absolute atomic E-state index is 13.2. The van der Waals surface area contributed by atoms with Gasteiger partial charge in [0.1, 0.15) is 0 Å². The zero-order valence-electron chi connectivity index (χ0n) is 15.0. The summed E-state index contributed by atoms with van der Waals surface area (Å²) in [4.78, 5) is 15.4. The van der Waals surface area contributed by atoms with Crippen molar-refractivity contribution in [2.75, 3.05) is 6.54 Å². The molecular formula is C20H29ClN2O. The van der Waals surface area contributed by atoms with E-state index in [0.717, 1.165) is 25.9 Å². The van der Waals surface area contributed by atoms with Crippen molar-refractivity contribution >= 4 is 18.3 Å². The van der Waals surface area contributed by atoms with Gasteiger partial charge in [-0.15, -0.1) is 12.4 Å². The molecule has 3 nitrogen and oxygen atoms in total. The number of hydrogen-bond acceptors (Lipinski definition) is 2. The maximum atomic E-state index is 13.2. The second kappa shape index (κ2) is 6.03. The number of amides is 1. The van der Waals surface area contributed by atoms with Crippen LogP contribution >= 0.6 is 12.4 Å². The van der Waals surface area contributed by atoms with Gasteiger partial charge in [-0.2, -0.15) is 0 Å². The van der Waals surface area contributed by atoms with Gasteiger partial charge in [0.2, 0.25) is 5.91 Å². The minimum Gasteiger partial charge on any atom is -0.338 e. The van der Waals surface area contributed by atoms with E-state index in [4.69, 9.17) is 0 Å². The summed E-state index contributed by atoms with van der Waals surface area (Å²) in [7, 11) is 0. The highest BCUT2D eigenvalue weighted by Gasteiger charge is 2.51. The van der Waals surface area contributed by atoms with Crippen LogP contribution in [0, 0.1) is 10.8 Å². The van der Waals surface area contributed by atoms with Gasteiger partial charge < -0.3 is 10.2 Å². The van der Waals surface area contributed by atoms with Gasteiger partial charge in [-0.25, -0.2) is 0 Å². The lowest BCUT2D eigenvalue weighted by molar-refractivity contribution is -0.134. The molecule has 0 spiro atoms. The molecule has 24 heavy (non-hydrogen) atoms. The van der Waals surface area contributed by atoms with Crippen LogP contribution in [0.4, 0.5) is 0 Å². The molecule has 3 aliphatic rings. The summed E-state index contributed by atoms with van der Waals surface area (Å²) in [6.45, 7) is 8.85. The predicted octanol–water partition coefficient (Wildman–Crippen LogP) is 3.55. The standard InChI is InChI=1S/C20H28N2O.ClH/c1-19(2)9-16-10-20(3,12-19)13-22(16)18(23)17-8-14-6-4-5-7-15(14)11-21-17;/h4-7,16-17,21H,8-13H2,1-3H3;1H. The van der Waals surface area contributed by atoms with Crippen molar-refractivity contribution in [1.82, 2.24) is 10.2 Å². The molecule has 2 aliphatic heterocycles. The van der Waals surface area contributed by atoms with Crippen LogP contribution < -0.4 is 5.32 Å². The molecule has 1 saturated carbocycles. The van der Waals surface area contributed by atoms with Crippen molar-refractivity contribution in [3.63, 3.8) is 0 Å². The molecule has 1 aromatic carbocycles. The third-order valence-corrected chi connectivity index (χ3v) is 6.08. The smallest absolute Gasteiger partial charge is 0.240 e. The second-order valence-electron chi connectivity index (χ2n) is 9.09. The Balaban J connectivity index is 0.00000169. The van der Waals surface area contributed by atoms with E-state index in [1.54, 1.807) is 0 Å². The van der Waals surface area contributed by atoms with Crippen LogP contribution in [-0.4, -0.2) is 29.4 Å². The van der Waals surface area contributed by atoms with Crippen LogP contribution in [-0.2, 0) is 17.8 Å². The number of fused-ring (bicyclic) bond motifs is 3. The molecule has 1 amide bonds. The molecule has 1 aliphatic carbocycles. The molecule has 1 aromatic rings. The summed E-state index contributed by atoms with van der Waals surface area (Å²) in [6.07, 6.45) is 4.41. The monoisotopic (exact) mass is 348 g/mol. The summed E-state index contributed by atoms with van der Waals surface area (Å²) in [6, 6.07) is 8.89. The fourth-order valence-electron chi connectivity index (χ4n) is 5.55. The van der Waals surface area contributed by atoms with E-state index in [1.807, 2.05) is 0 Å². The molecule has 132 valence electrons. The minimum atomic E-state index is -0.0454. The molecule has 2 fully saturated rings. The zero-order valence-corrected chi connectivity index (χ0v) is 15.8. The van der Waals surface area contributed by atoms with Crippen molar-refractivity contribution in [3.05, 3.63) is 35.4 Å². The highest BCUT2D eigenvalue weighted by molar-refractivity contribution is 5.85. The maximum Gasteiger partial charge on any atom is 0.240 e. The number of nitrogens with zero attached hydrogens (tertiary/aromatic N) is 1. The topological polar surface area (TPSA) is 32.3 Å². The van der Waals surface area contributed by atoms with Crippen molar-refractivity contribution in [3.8, 4) is 0 Å². The summed E-state index contributed by atoms with van der Waals surface area (Å²) in [5, 5.41) is 3.47. The van der Waals surface area contributed by atoms with E-state index in [1.165, 1.54) is 24.0 Å². The molecule has 3 atom stereocenters. The highest BCUT2D eigenvalue weighted by atomic mass is 35.5. The van der Waals surface area contributed by atoms with Crippen LogP contribution in [0.25, 0.3) is 0 Å². The van der Waals surface area contributed by atoms with E-state index in [-0.39, 0.29) is 18.4 Å². The minimum absolute atomic E-state index is 0. The first-order valence-corrected chi connectivity index (χ1v) is 8.96. The van der Waals surface area contributed by atoms with E-state index in [9.17, 15) is 4.79 Å². The summed E-state index contributed by atoms with van der Waals surface area (Å²) >= 11 is 0. The largest absolute Gasteiger partial charge is 0.338 e.